The highest BCUT2D eigenvalue weighted by Gasteiger charge is 2.36. The monoisotopic (exact) mass is 684 g/mol. The minimum atomic E-state index is -1.10. The standard InChI is InChI=1S/C17H20N2O5.C15H16N2O6.2CH4/c1-9(20)18-15-11(7-6-10-4-2-3-5-10)14-12(24-17(15)23)8-13(21)19-16(14)22;18-11-7-10-12(14(19)16-11)9(6-5-8-3-1-2-4-8)13(17(21)22)15(20)23-10;;/h10H,2-8H2,1H3,(H,18,20)(H,19,21,22);8H,1-7H2,(H,16,18,19);2*1H4. The summed E-state index contributed by atoms with van der Waals surface area (Å²) in [6.45, 7) is 1.29. The van der Waals surface area contributed by atoms with Gasteiger partial charge in [0.1, 0.15) is 17.2 Å². The summed E-state index contributed by atoms with van der Waals surface area (Å²) in [5.41, 5.74) is -1.71. The van der Waals surface area contributed by atoms with E-state index in [2.05, 4.69) is 16.0 Å². The molecule has 0 radical (unpaired) electrons. The zero-order valence-electron chi connectivity index (χ0n) is 26.0. The largest absolute Gasteiger partial charge is 0.425 e. The lowest BCUT2D eigenvalue weighted by atomic mass is 9.92. The number of nitro groups is 1. The van der Waals surface area contributed by atoms with Crippen LogP contribution in [0.15, 0.2) is 18.4 Å². The quantitative estimate of drug-likeness (QED) is 0.202. The van der Waals surface area contributed by atoms with Crippen molar-refractivity contribution in [2.75, 3.05) is 5.32 Å². The molecule has 2 saturated carbocycles. The molecule has 3 N–H and O–H groups in total. The molecule has 4 heterocycles. The Morgan fingerprint density at radius 1 is 0.755 bits per heavy atom. The fourth-order valence-electron chi connectivity index (χ4n) is 7.06. The number of anilines is 1. The summed E-state index contributed by atoms with van der Waals surface area (Å²) in [6.07, 6.45) is 10.9. The third kappa shape index (κ3) is 8.75. The number of hydrogen-bond donors (Lipinski definition) is 3. The van der Waals surface area contributed by atoms with E-state index < -0.39 is 51.4 Å². The van der Waals surface area contributed by atoms with Crippen molar-refractivity contribution in [1.29, 1.82) is 0 Å². The molecule has 15 heteroatoms. The molecule has 2 aliphatic carbocycles. The molecule has 266 valence electrons. The molecular weight excluding hydrogens is 640 g/mol. The average molecular weight is 685 g/mol. The highest BCUT2D eigenvalue weighted by atomic mass is 16.6. The Hall–Kier alpha value is -4.95. The first-order valence-corrected chi connectivity index (χ1v) is 15.9. The van der Waals surface area contributed by atoms with Crippen LogP contribution in [0.1, 0.15) is 129 Å². The van der Waals surface area contributed by atoms with Gasteiger partial charge in [-0.1, -0.05) is 66.2 Å². The molecule has 2 aromatic heterocycles. The highest BCUT2D eigenvalue weighted by molar-refractivity contribution is 6.11. The van der Waals surface area contributed by atoms with E-state index in [1.54, 1.807) is 0 Å². The third-order valence-electron chi connectivity index (χ3n) is 9.22. The maximum atomic E-state index is 12.3. The summed E-state index contributed by atoms with van der Waals surface area (Å²) in [5, 5.41) is 18.1. The Balaban J connectivity index is 0.000000255. The maximum Gasteiger partial charge on any atom is 0.415 e. The Kier molecular flexibility index (Phi) is 12.9. The Morgan fingerprint density at radius 3 is 1.63 bits per heavy atom. The zero-order valence-corrected chi connectivity index (χ0v) is 26.0. The molecule has 2 aromatic rings. The number of nitrogens with zero attached hydrogens (tertiary/aromatic N) is 1. The van der Waals surface area contributed by atoms with Crippen molar-refractivity contribution in [1.82, 2.24) is 10.6 Å². The summed E-state index contributed by atoms with van der Waals surface area (Å²) >= 11 is 0. The normalized spacial score (nSPS) is 17.0. The van der Waals surface area contributed by atoms with Crippen LogP contribution in [0.3, 0.4) is 0 Å². The molecule has 2 fully saturated rings. The van der Waals surface area contributed by atoms with Gasteiger partial charge in [0.2, 0.25) is 17.7 Å². The molecule has 49 heavy (non-hydrogen) atoms. The summed E-state index contributed by atoms with van der Waals surface area (Å²) in [6, 6.07) is 0. The van der Waals surface area contributed by atoms with E-state index in [0.29, 0.717) is 30.2 Å². The lowest BCUT2D eigenvalue weighted by Gasteiger charge is -2.20. The lowest BCUT2D eigenvalue weighted by Crippen LogP contribution is -2.39. The predicted molar refractivity (Wildman–Crippen MR) is 177 cm³/mol. The van der Waals surface area contributed by atoms with Crippen LogP contribution in [0.4, 0.5) is 11.4 Å². The van der Waals surface area contributed by atoms with E-state index in [4.69, 9.17) is 8.83 Å². The van der Waals surface area contributed by atoms with Crippen LogP contribution in [-0.4, -0.2) is 34.5 Å². The number of carbonyl (C=O) groups excluding carboxylic acids is 5. The van der Waals surface area contributed by atoms with Gasteiger partial charge in [0, 0.05) is 6.92 Å². The minimum absolute atomic E-state index is 0. The van der Waals surface area contributed by atoms with Crippen molar-refractivity contribution >= 4 is 40.9 Å². The first-order valence-electron chi connectivity index (χ1n) is 15.9. The molecule has 0 bridgehead atoms. The van der Waals surface area contributed by atoms with Crippen molar-refractivity contribution in [3.8, 4) is 0 Å². The molecule has 0 atom stereocenters. The Bertz CT molecular complexity index is 1760. The SMILES string of the molecule is C.C.CC(=O)Nc1c(CCC2CCCC2)c2c(oc1=O)CC(=O)NC2=O.O=C1Cc2oc(=O)c([N+](=O)[O-])c(CCC3CCCC3)c2C(=O)N1. The van der Waals surface area contributed by atoms with Gasteiger partial charge in [-0.2, -0.15) is 0 Å². The molecule has 15 nitrogen and oxygen atoms in total. The van der Waals surface area contributed by atoms with Gasteiger partial charge < -0.3 is 14.2 Å². The van der Waals surface area contributed by atoms with Crippen LogP contribution in [0, 0.1) is 22.0 Å². The molecule has 0 unspecified atom stereocenters. The first-order chi connectivity index (χ1) is 22.4. The molecule has 0 saturated heterocycles. The summed E-state index contributed by atoms with van der Waals surface area (Å²) in [4.78, 5) is 93.3. The molecule has 6 rings (SSSR count). The molecule has 0 spiro atoms. The summed E-state index contributed by atoms with van der Waals surface area (Å²) in [5.74, 6) is -1.76. The van der Waals surface area contributed by atoms with Crippen molar-refractivity contribution in [2.24, 2.45) is 11.8 Å². The van der Waals surface area contributed by atoms with Crippen LogP contribution < -0.4 is 27.2 Å². The van der Waals surface area contributed by atoms with Crippen molar-refractivity contribution in [3.05, 3.63) is 64.7 Å². The van der Waals surface area contributed by atoms with Crippen LogP contribution >= 0.6 is 0 Å². The van der Waals surface area contributed by atoms with Gasteiger partial charge in [-0.3, -0.25) is 44.7 Å². The van der Waals surface area contributed by atoms with Gasteiger partial charge >= 0.3 is 16.9 Å². The maximum absolute atomic E-state index is 12.3. The van der Waals surface area contributed by atoms with Gasteiger partial charge in [-0.05, 0) is 43.1 Å². The zero-order chi connectivity index (χ0) is 33.8. The Morgan fingerprint density at radius 2 is 1.18 bits per heavy atom. The fraction of sp³-hybridized carbons (Fsp3) is 0.559. The predicted octanol–water partition coefficient (Wildman–Crippen LogP) is 4.29. The van der Waals surface area contributed by atoms with E-state index in [0.717, 1.165) is 44.9 Å². The molecule has 4 aliphatic rings. The fourth-order valence-corrected chi connectivity index (χ4v) is 7.06. The molecular formula is C34H44N4O11. The third-order valence-corrected chi connectivity index (χ3v) is 9.22. The number of nitrogens with one attached hydrogen (secondary N) is 3. The minimum Gasteiger partial charge on any atom is -0.425 e. The van der Waals surface area contributed by atoms with Crippen LogP contribution in [0.5, 0.6) is 0 Å². The van der Waals surface area contributed by atoms with E-state index in [9.17, 15) is 43.7 Å². The van der Waals surface area contributed by atoms with Crippen LogP contribution in [-0.2, 0) is 40.1 Å². The molecule has 0 aromatic carbocycles. The van der Waals surface area contributed by atoms with Gasteiger partial charge in [-0.15, -0.1) is 0 Å². The van der Waals surface area contributed by atoms with E-state index >= 15 is 0 Å². The summed E-state index contributed by atoms with van der Waals surface area (Å²) < 4.78 is 10.00. The van der Waals surface area contributed by atoms with Crippen molar-refractivity contribution < 1.29 is 37.7 Å². The number of amides is 5. The molecule has 5 amide bonds. The van der Waals surface area contributed by atoms with Gasteiger partial charge in [0.05, 0.1) is 34.5 Å². The van der Waals surface area contributed by atoms with Gasteiger partial charge in [0.15, 0.2) is 0 Å². The van der Waals surface area contributed by atoms with Crippen LogP contribution in [0.2, 0.25) is 0 Å². The topological polar surface area (TPSA) is 225 Å². The number of carbonyl (C=O) groups is 5. The second kappa shape index (κ2) is 16.4. The molecule has 2 aliphatic heterocycles. The second-order valence-corrected chi connectivity index (χ2v) is 12.5. The van der Waals surface area contributed by atoms with Gasteiger partial charge in [0.25, 0.3) is 11.8 Å². The van der Waals surface area contributed by atoms with E-state index in [-0.39, 0.29) is 68.0 Å². The first kappa shape index (κ1) is 38.5. The number of rotatable bonds is 8. The van der Waals surface area contributed by atoms with Crippen molar-refractivity contribution in [3.63, 3.8) is 0 Å². The average Bonchev–Trinajstić information content (AvgIpc) is 3.70. The lowest BCUT2D eigenvalue weighted by molar-refractivity contribution is -0.388. The number of hydrogen-bond acceptors (Lipinski definition) is 11. The van der Waals surface area contributed by atoms with Crippen molar-refractivity contribution in [2.45, 2.75) is 112 Å². The second-order valence-electron chi connectivity index (χ2n) is 12.5. The highest BCUT2D eigenvalue weighted by Crippen LogP contribution is 2.33. The van der Waals surface area contributed by atoms with Crippen LogP contribution in [0.25, 0.3) is 0 Å². The van der Waals surface area contributed by atoms with Gasteiger partial charge in [-0.25, -0.2) is 9.59 Å². The summed E-state index contributed by atoms with van der Waals surface area (Å²) in [7, 11) is 0. The van der Waals surface area contributed by atoms with E-state index in [1.165, 1.54) is 19.8 Å². The number of fused-ring (bicyclic) bond motifs is 2. The Labute approximate surface area is 282 Å². The number of imide groups is 2. The van der Waals surface area contributed by atoms with E-state index in [1.807, 2.05) is 0 Å². The smallest absolute Gasteiger partial charge is 0.415 e.